The molecule has 0 unspecified atom stereocenters. The number of anilines is 5. The average molecular weight is 1010 g/mol. The van der Waals surface area contributed by atoms with Crippen LogP contribution in [0.4, 0.5) is 28.4 Å². The van der Waals surface area contributed by atoms with E-state index in [4.69, 9.17) is 79.7 Å². The molecule has 0 aliphatic rings. The first-order valence-corrected chi connectivity index (χ1v) is 16.2. The Labute approximate surface area is 394 Å². The average Bonchev–Trinajstić information content (AvgIpc) is 3.20. The number of carbonyl (C=O) groups is 10. The molecule has 5 heterocycles. The van der Waals surface area contributed by atoms with Gasteiger partial charge >= 0.3 is 59.7 Å². The topological polar surface area (TPSA) is 568 Å². The van der Waals surface area contributed by atoms with Crippen LogP contribution in [0.25, 0.3) is 0 Å². The zero-order chi connectivity index (χ0) is 50.0. The van der Waals surface area contributed by atoms with Gasteiger partial charge in [-0.2, -0.15) is 0 Å². The third-order valence-electron chi connectivity index (χ3n) is 6.43. The van der Waals surface area contributed by atoms with Crippen molar-refractivity contribution in [1.82, 2.24) is 24.9 Å². The van der Waals surface area contributed by atoms with E-state index in [9.17, 15) is 47.9 Å². The first kappa shape index (κ1) is 59.7. The van der Waals surface area contributed by atoms with E-state index >= 15 is 0 Å². The van der Waals surface area contributed by atoms with E-state index in [2.05, 4.69) is 24.9 Å². The molecule has 5 aromatic rings. The van der Waals surface area contributed by atoms with Gasteiger partial charge < -0.3 is 79.7 Å². The summed E-state index contributed by atoms with van der Waals surface area (Å²) in [5.41, 5.74) is 22.9. The maximum absolute atomic E-state index is 10.4. The molecule has 0 atom stereocenters. The van der Waals surface area contributed by atoms with Crippen LogP contribution in [-0.2, 0) is 37.1 Å². The van der Waals surface area contributed by atoms with Gasteiger partial charge in [0.2, 0.25) is 0 Å². The molecule has 0 aliphatic heterocycles. The molecular formula is C35H30N10O20V2. The van der Waals surface area contributed by atoms with Gasteiger partial charge in [0.15, 0.2) is 56.9 Å². The van der Waals surface area contributed by atoms with Crippen molar-refractivity contribution >= 4 is 88.1 Å². The first-order valence-electron chi connectivity index (χ1n) is 16.2. The number of aromatic nitrogens is 5. The van der Waals surface area contributed by atoms with Crippen molar-refractivity contribution in [2.24, 2.45) is 0 Å². The molecule has 0 fully saturated rings. The summed E-state index contributed by atoms with van der Waals surface area (Å²) in [7, 11) is 0. The van der Waals surface area contributed by atoms with Crippen molar-refractivity contribution in [3.8, 4) is 0 Å². The second-order valence-electron chi connectivity index (χ2n) is 11.4. The van der Waals surface area contributed by atoms with Crippen molar-refractivity contribution in [2.75, 3.05) is 28.7 Å². The summed E-state index contributed by atoms with van der Waals surface area (Å²) in [5, 5.41) is 85.0. The third kappa shape index (κ3) is 20.6. The number of rotatable bonds is 10. The Morgan fingerprint density at radius 3 is 0.373 bits per heavy atom. The Balaban J connectivity index is 0. The molecule has 0 amide bonds. The van der Waals surface area contributed by atoms with Gasteiger partial charge in [0.05, 0.1) is 0 Å². The number of carboxylic acids is 10. The van der Waals surface area contributed by atoms with E-state index in [0.29, 0.717) is 0 Å². The van der Waals surface area contributed by atoms with Crippen molar-refractivity contribution < 1.29 is 136 Å². The molecule has 32 heteroatoms. The molecule has 5 aromatic heterocycles. The van der Waals surface area contributed by atoms with Crippen LogP contribution in [0.1, 0.15) is 105 Å². The smallest absolute Gasteiger partial charge is 0.354 e. The van der Waals surface area contributed by atoms with Crippen molar-refractivity contribution in [3.05, 3.63) is 118 Å². The fourth-order valence-corrected chi connectivity index (χ4v) is 3.85. The molecular weight excluding hydrogens is 982 g/mol. The fourth-order valence-electron chi connectivity index (χ4n) is 3.85. The zero-order valence-corrected chi connectivity index (χ0v) is 35.6. The molecule has 0 aliphatic carbocycles. The molecule has 0 aromatic carbocycles. The van der Waals surface area contributed by atoms with Crippen LogP contribution in [0.2, 0.25) is 0 Å². The number of nitrogens with zero attached hydrogens (tertiary/aromatic N) is 5. The van der Waals surface area contributed by atoms with Crippen LogP contribution >= 0.6 is 0 Å². The van der Waals surface area contributed by atoms with E-state index in [-0.39, 0.29) is 122 Å². The van der Waals surface area contributed by atoms with Crippen molar-refractivity contribution in [3.63, 3.8) is 0 Å². The number of hydrogen-bond donors (Lipinski definition) is 15. The van der Waals surface area contributed by atoms with Crippen LogP contribution in [-0.4, -0.2) is 136 Å². The molecule has 30 nitrogen and oxygen atoms in total. The second-order valence-corrected chi connectivity index (χ2v) is 11.4. The molecule has 350 valence electrons. The van der Waals surface area contributed by atoms with Crippen molar-refractivity contribution in [2.45, 2.75) is 0 Å². The predicted molar refractivity (Wildman–Crippen MR) is 213 cm³/mol. The Morgan fingerprint density at radius 1 is 0.239 bits per heavy atom. The number of nitrogens with two attached hydrogens (primary N) is 5. The van der Waals surface area contributed by atoms with Crippen LogP contribution in [0.15, 0.2) is 60.7 Å². The van der Waals surface area contributed by atoms with Gasteiger partial charge in [-0.1, -0.05) is 0 Å². The van der Waals surface area contributed by atoms with E-state index < -0.39 is 59.7 Å². The van der Waals surface area contributed by atoms with Gasteiger partial charge in [0, 0.05) is 65.5 Å². The van der Waals surface area contributed by atoms with Crippen LogP contribution in [0.3, 0.4) is 0 Å². The predicted octanol–water partition coefficient (Wildman–Crippen LogP) is 0.296. The van der Waals surface area contributed by atoms with Gasteiger partial charge in [-0.05, 0) is 60.7 Å². The molecule has 0 spiro atoms. The Morgan fingerprint density at radius 2 is 0.313 bits per heavy atom. The number of hydrogen-bond acceptors (Lipinski definition) is 20. The Hall–Kier alpha value is -9.38. The number of carboxylic acid groups (broad SMARTS) is 10. The van der Waals surface area contributed by atoms with Gasteiger partial charge in [-0.15, -0.1) is 0 Å². The Bertz CT molecular complexity index is 2150. The van der Waals surface area contributed by atoms with Gasteiger partial charge in [-0.25, -0.2) is 72.9 Å². The standard InChI is InChI=1S/5C7H6N2O4.2V/c5*8-3-1-4(6(10)11)9-5(2-3)7(12)13;;/h5*1-2H,(H2,8,9)(H,10,11)(H,12,13);;. The van der Waals surface area contributed by atoms with Gasteiger partial charge in [0.1, 0.15) is 0 Å². The van der Waals surface area contributed by atoms with Crippen LogP contribution in [0.5, 0.6) is 0 Å². The molecule has 0 bridgehead atoms. The third-order valence-corrected chi connectivity index (χ3v) is 6.43. The summed E-state index contributed by atoms with van der Waals surface area (Å²) in [5.74, 6) is -13.1. The fraction of sp³-hybridized carbons (Fsp3) is 0. The van der Waals surface area contributed by atoms with Crippen LogP contribution < -0.4 is 28.7 Å². The summed E-state index contributed by atoms with van der Waals surface area (Å²) >= 11 is 0. The molecule has 5 rings (SSSR count). The Kier molecular flexibility index (Phi) is 24.0. The zero-order valence-electron chi connectivity index (χ0n) is 32.8. The summed E-state index contributed by atoms with van der Waals surface area (Å²) in [6.07, 6.45) is 0. The van der Waals surface area contributed by atoms with E-state index in [1.54, 1.807) is 0 Å². The van der Waals surface area contributed by atoms with Gasteiger partial charge in [-0.3, -0.25) is 0 Å². The van der Waals surface area contributed by atoms with E-state index in [1.807, 2.05) is 0 Å². The first-order chi connectivity index (χ1) is 30.0. The molecule has 2 radical (unpaired) electrons. The molecule has 0 saturated heterocycles. The summed E-state index contributed by atoms with van der Waals surface area (Å²) in [6.45, 7) is 0. The maximum Gasteiger partial charge on any atom is 0.354 e. The molecule has 67 heavy (non-hydrogen) atoms. The number of nitrogen functional groups attached to an aromatic ring is 5. The van der Waals surface area contributed by atoms with Crippen LogP contribution in [0, 0.1) is 0 Å². The molecule has 0 saturated carbocycles. The monoisotopic (exact) mass is 1010 g/mol. The summed E-state index contributed by atoms with van der Waals surface area (Å²) in [4.78, 5) is 121. The minimum Gasteiger partial charge on any atom is -0.477 e. The normalized spacial score (nSPS) is 9.25. The quantitative estimate of drug-likeness (QED) is 0.0894. The van der Waals surface area contributed by atoms with Gasteiger partial charge in [0.25, 0.3) is 0 Å². The minimum absolute atomic E-state index is 0. The number of pyridine rings is 5. The summed E-state index contributed by atoms with van der Waals surface area (Å²) < 4.78 is 0. The second kappa shape index (κ2) is 26.9. The maximum atomic E-state index is 10.4. The van der Waals surface area contributed by atoms with Crippen molar-refractivity contribution in [1.29, 1.82) is 0 Å². The largest absolute Gasteiger partial charge is 0.477 e. The number of aromatic carboxylic acids is 10. The SMILES string of the molecule is Nc1cc(C(=O)O)nc(C(=O)O)c1.Nc1cc(C(=O)O)nc(C(=O)O)c1.Nc1cc(C(=O)O)nc(C(=O)O)c1.Nc1cc(C(=O)O)nc(C(=O)O)c1.Nc1cc(C(=O)O)nc(C(=O)O)c1.[V].[V]. The summed E-state index contributed by atoms with van der Waals surface area (Å²) in [6, 6.07) is 10.9. The van der Waals surface area contributed by atoms with E-state index in [0.717, 1.165) is 60.7 Å². The molecule has 20 N–H and O–H groups in total. The van der Waals surface area contributed by atoms with E-state index in [1.165, 1.54) is 0 Å². The minimum atomic E-state index is -1.31.